The van der Waals surface area contributed by atoms with Crippen molar-refractivity contribution >= 4 is 6.29 Å². The van der Waals surface area contributed by atoms with Gasteiger partial charge in [-0.25, -0.2) is 0 Å². The molecule has 0 heterocycles. The average Bonchev–Trinajstić information content (AvgIpc) is 2.18. The molecule has 1 aliphatic rings. The third kappa shape index (κ3) is 1.86. The summed E-state index contributed by atoms with van der Waals surface area (Å²) in [5.41, 5.74) is 0.0212. The van der Waals surface area contributed by atoms with Gasteiger partial charge in [0.1, 0.15) is 6.29 Å². The van der Waals surface area contributed by atoms with Crippen LogP contribution >= 0.6 is 0 Å². The number of nitrogens with one attached hydrogen (secondary N) is 1. The predicted octanol–water partition coefficient (Wildman–Crippen LogP) is 1.74. The molecule has 1 rings (SSSR count). The third-order valence-corrected chi connectivity index (χ3v) is 3.34. The molecule has 0 atom stereocenters. The van der Waals surface area contributed by atoms with Crippen molar-refractivity contribution in [3.8, 4) is 0 Å². The summed E-state index contributed by atoms with van der Waals surface area (Å²) in [6.45, 7) is 2.12. The molecule has 0 aliphatic heterocycles. The molecule has 0 aromatic carbocycles. The van der Waals surface area contributed by atoms with Crippen molar-refractivity contribution in [3.05, 3.63) is 0 Å². The van der Waals surface area contributed by atoms with Crippen LogP contribution in [0.15, 0.2) is 0 Å². The maximum Gasteiger partial charge on any atom is 0.126 e. The van der Waals surface area contributed by atoms with Crippen molar-refractivity contribution in [2.45, 2.75) is 45.1 Å². The summed E-state index contributed by atoms with van der Waals surface area (Å²) in [5.74, 6) is 0. The van der Waals surface area contributed by atoms with Gasteiger partial charge < -0.3 is 10.1 Å². The highest BCUT2D eigenvalue weighted by Crippen LogP contribution is 2.36. The SMILES string of the molecule is CCC1(C=O)CCC(NC)CC1. The summed E-state index contributed by atoms with van der Waals surface area (Å²) >= 11 is 0. The van der Waals surface area contributed by atoms with Crippen LogP contribution in [-0.2, 0) is 4.79 Å². The first-order valence-corrected chi connectivity index (χ1v) is 4.90. The first kappa shape index (κ1) is 9.72. The Kier molecular flexibility index (Phi) is 3.27. The van der Waals surface area contributed by atoms with E-state index in [-0.39, 0.29) is 5.41 Å². The van der Waals surface area contributed by atoms with Gasteiger partial charge in [-0.1, -0.05) is 6.92 Å². The van der Waals surface area contributed by atoms with Gasteiger partial charge in [0.2, 0.25) is 0 Å². The molecule has 1 saturated carbocycles. The zero-order valence-corrected chi connectivity index (χ0v) is 8.10. The molecule has 0 saturated heterocycles. The molecule has 1 N–H and O–H groups in total. The van der Waals surface area contributed by atoms with Crippen LogP contribution in [0.5, 0.6) is 0 Å². The van der Waals surface area contributed by atoms with Crippen molar-refractivity contribution < 1.29 is 4.79 Å². The van der Waals surface area contributed by atoms with E-state index >= 15 is 0 Å². The standard InChI is InChI=1S/C10H19NO/c1-3-10(8-12)6-4-9(11-2)5-7-10/h8-9,11H,3-7H2,1-2H3. The molecular formula is C10H19NO. The summed E-state index contributed by atoms with van der Waals surface area (Å²) in [6.07, 6.45) is 6.63. The summed E-state index contributed by atoms with van der Waals surface area (Å²) in [7, 11) is 2.00. The Balaban J connectivity index is 2.47. The molecule has 2 nitrogen and oxygen atoms in total. The van der Waals surface area contributed by atoms with Gasteiger partial charge >= 0.3 is 0 Å². The van der Waals surface area contributed by atoms with E-state index in [2.05, 4.69) is 12.2 Å². The fourth-order valence-electron chi connectivity index (χ4n) is 2.04. The molecule has 0 aromatic rings. The van der Waals surface area contributed by atoms with Crippen molar-refractivity contribution in [1.29, 1.82) is 0 Å². The lowest BCUT2D eigenvalue weighted by Gasteiger charge is -2.35. The Labute approximate surface area is 74.7 Å². The van der Waals surface area contributed by atoms with Crippen molar-refractivity contribution in [2.24, 2.45) is 5.41 Å². The van der Waals surface area contributed by atoms with E-state index < -0.39 is 0 Å². The van der Waals surface area contributed by atoms with Crippen LogP contribution in [0.4, 0.5) is 0 Å². The van der Waals surface area contributed by atoms with Crippen LogP contribution in [-0.4, -0.2) is 19.4 Å². The fourth-order valence-corrected chi connectivity index (χ4v) is 2.04. The molecule has 0 spiro atoms. The lowest BCUT2D eigenvalue weighted by molar-refractivity contribution is -0.118. The van der Waals surface area contributed by atoms with E-state index in [4.69, 9.17) is 0 Å². The Hall–Kier alpha value is -0.370. The highest BCUT2D eigenvalue weighted by Gasteiger charge is 2.32. The minimum atomic E-state index is 0.0212. The zero-order valence-electron chi connectivity index (χ0n) is 8.10. The van der Waals surface area contributed by atoms with E-state index in [1.54, 1.807) is 0 Å². The number of rotatable bonds is 3. The first-order chi connectivity index (χ1) is 5.76. The van der Waals surface area contributed by atoms with Gasteiger partial charge in [-0.05, 0) is 39.2 Å². The van der Waals surface area contributed by atoms with E-state index in [1.807, 2.05) is 7.05 Å². The largest absolute Gasteiger partial charge is 0.317 e. The lowest BCUT2D eigenvalue weighted by atomic mass is 9.72. The van der Waals surface area contributed by atoms with E-state index in [0.717, 1.165) is 32.1 Å². The second-order valence-electron chi connectivity index (χ2n) is 3.90. The topological polar surface area (TPSA) is 29.1 Å². The summed E-state index contributed by atoms with van der Waals surface area (Å²) in [6, 6.07) is 0.643. The molecule has 2 heteroatoms. The predicted molar refractivity (Wildman–Crippen MR) is 50.1 cm³/mol. The summed E-state index contributed by atoms with van der Waals surface area (Å²) < 4.78 is 0. The average molecular weight is 169 g/mol. The number of carbonyl (C=O) groups is 1. The molecule has 1 fully saturated rings. The number of carbonyl (C=O) groups excluding carboxylic acids is 1. The summed E-state index contributed by atoms with van der Waals surface area (Å²) in [5, 5.41) is 3.27. The maximum absolute atomic E-state index is 10.9. The Morgan fingerprint density at radius 1 is 1.50 bits per heavy atom. The van der Waals surface area contributed by atoms with Gasteiger partial charge in [0.05, 0.1) is 0 Å². The smallest absolute Gasteiger partial charge is 0.126 e. The zero-order chi connectivity index (χ0) is 9.03. The number of hydrogen-bond acceptors (Lipinski definition) is 2. The molecule has 0 aromatic heterocycles. The van der Waals surface area contributed by atoms with Crippen molar-refractivity contribution in [3.63, 3.8) is 0 Å². The molecule has 1 aliphatic carbocycles. The molecule has 12 heavy (non-hydrogen) atoms. The monoisotopic (exact) mass is 169 g/mol. The molecule has 0 amide bonds. The van der Waals surface area contributed by atoms with Gasteiger partial charge in [0.25, 0.3) is 0 Å². The lowest BCUT2D eigenvalue weighted by Crippen LogP contribution is -2.36. The highest BCUT2D eigenvalue weighted by atomic mass is 16.1. The molecule has 0 radical (unpaired) electrons. The van der Waals surface area contributed by atoms with Crippen LogP contribution in [0.3, 0.4) is 0 Å². The summed E-state index contributed by atoms with van der Waals surface area (Å²) in [4.78, 5) is 10.9. The van der Waals surface area contributed by atoms with Gasteiger partial charge in [-0.2, -0.15) is 0 Å². The van der Waals surface area contributed by atoms with Crippen molar-refractivity contribution in [1.82, 2.24) is 5.32 Å². The third-order valence-electron chi connectivity index (χ3n) is 3.34. The van der Waals surface area contributed by atoms with Gasteiger partial charge in [0, 0.05) is 11.5 Å². The van der Waals surface area contributed by atoms with Gasteiger partial charge in [-0.15, -0.1) is 0 Å². The Bertz CT molecular complexity index is 148. The van der Waals surface area contributed by atoms with E-state index in [0.29, 0.717) is 6.04 Å². The number of hydrogen-bond donors (Lipinski definition) is 1. The molecule has 0 unspecified atom stereocenters. The Morgan fingerprint density at radius 3 is 2.42 bits per heavy atom. The van der Waals surface area contributed by atoms with Crippen LogP contribution in [0.25, 0.3) is 0 Å². The Morgan fingerprint density at radius 2 is 2.08 bits per heavy atom. The van der Waals surface area contributed by atoms with Crippen molar-refractivity contribution in [2.75, 3.05) is 7.05 Å². The van der Waals surface area contributed by atoms with Gasteiger partial charge in [0.15, 0.2) is 0 Å². The molecule has 0 bridgehead atoms. The maximum atomic E-state index is 10.9. The second kappa shape index (κ2) is 4.04. The second-order valence-corrected chi connectivity index (χ2v) is 3.90. The first-order valence-electron chi connectivity index (χ1n) is 4.90. The minimum Gasteiger partial charge on any atom is -0.317 e. The fraction of sp³-hybridized carbons (Fsp3) is 0.900. The van der Waals surface area contributed by atoms with E-state index in [1.165, 1.54) is 6.29 Å². The minimum absolute atomic E-state index is 0.0212. The van der Waals surface area contributed by atoms with Gasteiger partial charge in [-0.3, -0.25) is 0 Å². The number of aldehydes is 1. The quantitative estimate of drug-likeness (QED) is 0.652. The van der Waals surface area contributed by atoms with Crippen LogP contribution < -0.4 is 5.32 Å². The van der Waals surface area contributed by atoms with E-state index in [9.17, 15) is 4.79 Å². The normalized spacial score (nSPS) is 36.3. The molecule has 70 valence electrons. The van der Waals surface area contributed by atoms with Crippen LogP contribution in [0.2, 0.25) is 0 Å². The van der Waals surface area contributed by atoms with Crippen LogP contribution in [0, 0.1) is 5.41 Å². The molecular weight excluding hydrogens is 150 g/mol. The van der Waals surface area contributed by atoms with Crippen LogP contribution in [0.1, 0.15) is 39.0 Å². The highest BCUT2D eigenvalue weighted by molar-refractivity contribution is 5.59.